The second-order valence-electron chi connectivity index (χ2n) is 9.65. The van der Waals surface area contributed by atoms with E-state index >= 15 is 0 Å². The van der Waals surface area contributed by atoms with E-state index in [0.717, 1.165) is 50.5 Å². The van der Waals surface area contributed by atoms with E-state index in [-0.39, 0.29) is 6.03 Å². The second-order valence-corrected chi connectivity index (χ2v) is 10.5. The van der Waals surface area contributed by atoms with Crippen molar-refractivity contribution in [3.63, 3.8) is 0 Å². The van der Waals surface area contributed by atoms with Gasteiger partial charge in [0, 0.05) is 44.2 Å². The first-order valence-corrected chi connectivity index (χ1v) is 13.4. The van der Waals surface area contributed by atoms with Gasteiger partial charge in [-0.1, -0.05) is 42.5 Å². The van der Waals surface area contributed by atoms with Gasteiger partial charge in [-0.15, -0.1) is 0 Å². The molecule has 2 N–H and O–H groups in total. The highest BCUT2D eigenvalue weighted by molar-refractivity contribution is 7.13. The van der Waals surface area contributed by atoms with E-state index in [1.807, 2.05) is 30.3 Å². The fourth-order valence-electron chi connectivity index (χ4n) is 5.26. The molecule has 2 fully saturated rings. The quantitative estimate of drug-likeness (QED) is 0.510. The number of hydrogen-bond acceptors (Lipinski definition) is 5. The first-order valence-electron chi connectivity index (χ1n) is 12.6. The topological polar surface area (TPSA) is 60.5 Å². The molecule has 1 saturated carbocycles. The van der Waals surface area contributed by atoms with Gasteiger partial charge in [-0.25, -0.2) is 4.79 Å². The molecule has 1 saturated heterocycles. The first-order chi connectivity index (χ1) is 16.7. The molecule has 6 nitrogen and oxygen atoms in total. The van der Waals surface area contributed by atoms with Crippen LogP contribution in [0.1, 0.15) is 37.7 Å². The Morgan fingerprint density at radius 2 is 1.68 bits per heavy atom. The molecule has 0 radical (unpaired) electrons. The summed E-state index contributed by atoms with van der Waals surface area (Å²) in [4.78, 5) is 17.3. The number of amides is 2. The van der Waals surface area contributed by atoms with E-state index in [1.54, 1.807) is 11.5 Å². The van der Waals surface area contributed by atoms with Gasteiger partial charge < -0.3 is 15.5 Å². The molecule has 2 aromatic carbocycles. The van der Waals surface area contributed by atoms with Gasteiger partial charge >= 0.3 is 6.03 Å². The van der Waals surface area contributed by atoms with Gasteiger partial charge in [0.1, 0.15) is 5.82 Å². The Morgan fingerprint density at radius 1 is 0.941 bits per heavy atom. The summed E-state index contributed by atoms with van der Waals surface area (Å²) in [5.41, 5.74) is 1.13. The number of carbonyl (C=O) groups excluding carboxylic acids is 1. The molecule has 3 aromatic rings. The van der Waals surface area contributed by atoms with E-state index < -0.39 is 0 Å². The highest BCUT2D eigenvalue weighted by Gasteiger charge is 2.25. The number of anilines is 1. The second kappa shape index (κ2) is 11.2. The van der Waals surface area contributed by atoms with Gasteiger partial charge in [0.25, 0.3) is 0 Å². The van der Waals surface area contributed by atoms with Crippen LogP contribution in [0.3, 0.4) is 0 Å². The van der Waals surface area contributed by atoms with Crippen LogP contribution in [0.15, 0.2) is 54.6 Å². The minimum Gasteiger partial charge on any atom is -0.353 e. The van der Waals surface area contributed by atoms with Crippen LogP contribution in [0.4, 0.5) is 10.6 Å². The lowest BCUT2D eigenvalue weighted by atomic mass is 9.84. The molecule has 1 aromatic heterocycles. The van der Waals surface area contributed by atoms with Crippen molar-refractivity contribution < 1.29 is 4.79 Å². The first kappa shape index (κ1) is 23.1. The number of rotatable bonds is 7. The number of piperazine rings is 1. The van der Waals surface area contributed by atoms with Crippen molar-refractivity contribution in [2.45, 2.75) is 44.7 Å². The number of nitrogens with zero attached hydrogens (tertiary/aromatic N) is 3. The van der Waals surface area contributed by atoms with Crippen LogP contribution in [-0.4, -0.2) is 54.1 Å². The lowest BCUT2D eigenvalue weighted by molar-refractivity contribution is 0.205. The number of nitrogens with one attached hydrogen (secondary N) is 2. The molecule has 0 bridgehead atoms. The largest absolute Gasteiger partial charge is 0.353 e. The normalized spacial score (nSPS) is 21.5. The number of urea groups is 1. The van der Waals surface area contributed by atoms with Crippen LogP contribution in [0.25, 0.3) is 10.1 Å². The van der Waals surface area contributed by atoms with Crippen LogP contribution in [-0.2, 0) is 6.54 Å². The molecule has 2 amide bonds. The van der Waals surface area contributed by atoms with Gasteiger partial charge in [-0.3, -0.25) is 4.90 Å². The molecule has 1 aliphatic carbocycles. The maximum Gasteiger partial charge on any atom is 0.315 e. The third-order valence-electron chi connectivity index (χ3n) is 7.36. The van der Waals surface area contributed by atoms with E-state index in [9.17, 15) is 4.79 Å². The Labute approximate surface area is 206 Å². The standard InChI is InChI=1S/C27H35N5OS/c33-27(28-20-22-6-2-1-3-7-22)29-23-12-10-21(11-13-23)14-15-31-16-18-32(19-17-31)26-24-8-4-5-9-25(24)34-30-26/h1-9,21,23H,10-20H2,(H2,28,29,33)/t21-,23-. The zero-order valence-corrected chi connectivity index (χ0v) is 20.6. The minimum absolute atomic E-state index is 0.0435. The Kier molecular flexibility index (Phi) is 7.61. The molecular formula is C27H35N5OS. The average Bonchev–Trinajstić information content (AvgIpc) is 3.32. The van der Waals surface area contributed by atoms with Crippen LogP contribution in [0, 0.1) is 5.92 Å². The number of carbonyl (C=O) groups is 1. The number of hydrogen-bond donors (Lipinski definition) is 2. The summed E-state index contributed by atoms with van der Waals surface area (Å²) in [5, 5.41) is 7.45. The van der Waals surface area contributed by atoms with Gasteiger partial charge in [-0.2, -0.15) is 4.37 Å². The van der Waals surface area contributed by atoms with E-state index in [0.29, 0.717) is 12.6 Å². The summed E-state index contributed by atoms with van der Waals surface area (Å²) in [6.45, 7) is 6.11. The summed E-state index contributed by atoms with van der Waals surface area (Å²) in [6.07, 6.45) is 5.89. The number of aromatic nitrogens is 1. The molecule has 2 heterocycles. The molecule has 2 aliphatic rings. The van der Waals surface area contributed by atoms with Crippen molar-refractivity contribution in [1.82, 2.24) is 19.9 Å². The van der Waals surface area contributed by atoms with Crippen LogP contribution < -0.4 is 15.5 Å². The Hall–Kier alpha value is -2.64. The SMILES string of the molecule is O=C(NCc1ccccc1)N[C@H]1CC[C@H](CCN2CCN(c3nsc4ccccc34)CC2)CC1. The highest BCUT2D eigenvalue weighted by Crippen LogP contribution is 2.30. The van der Waals surface area contributed by atoms with Gasteiger partial charge in [-0.05, 0) is 73.8 Å². The third-order valence-corrected chi connectivity index (χ3v) is 8.18. The summed E-state index contributed by atoms with van der Waals surface area (Å²) in [7, 11) is 0. The summed E-state index contributed by atoms with van der Waals surface area (Å²) in [6, 6.07) is 18.9. The maximum absolute atomic E-state index is 12.2. The smallest absolute Gasteiger partial charge is 0.315 e. The molecule has 34 heavy (non-hydrogen) atoms. The van der Waals surface area contributed by atoms with Gasteiger partial charge in [0.2, 0.25) is 0 Å². The van der Waals surface area contributed by atoms with Crippen molar-refractivity contribution in [1.29, 1.82) is 0 Å². The third kappa shape index (κ3) is 5.88. The average molecular weight is 478 g/mol. The van der Waals surface area contributed by atoms with Crippen LogP contribution >= 0.6 is 11.5 Å². The minimum atomic E-state index is -0.0435. The zero-order valence-electron chi connectivity index (χ0n) is 19.8. The van der Waals surface area contributed by atoms with Gasteiger partial charge in [0.15, 0.2) is 0 Å². The fraction of sp³-hybridized carbons (Fsp3) is 0.481. The summed E-state index contributed by atoms with van der Waals surface area (Å²) < 4.78 is 6.01. The lowest BCUT2D eigenvalue weighted by Crippen LogP contribution is -2.47. The Balaban J connectivity index is 0.981. The molecule has 0 atom stereocenters. The zero-order chi connectivity index (χ0) is 23.2. The number of fused-ring (bicyclic) bond motifs is 1. The highest BCUT2D eigenvalue weighted by atomic mass is 32.1. The van der Waals surface area contributed by atoms with Crippen LogP contribution in [0.2, 0.25) is 0 Å². The molecular weight excluding hydrogens is 442 g/mol. The monoisotopic (exact) mass is 477 g/mol. The van der Waals surface area contributed by atoms with Gasteiger partial charge in [0.05, 0.1) is 4.70 Å². The predicted octanol–water partition coefficient (Wildman–Crippen LogP) is 4.87. The van der Waals surface area contributed by atoms with Crippen molar-refractivity contribution in [3.05, 3.63) is 60.2 Å². The summed E-state index contributed by atoms with van der Waals surface area (Å²) >= 11 is 1.61. The fourth-order valence-corrected chi connectivity index (χ4v) is 6.05. The predicted molar refractivity (Wildman–Crippen MR) is 140 cm³/mol. The van der Waals surface area contributed by atoms with E-state index in [2.05, 4.69) is 44.7 Å². The molecule has 7 heteroatoms. The maximum atomic E-state index is 12.2. The molecule has 1 aliphatic heterocycles. The Morgan fingerprint density at radius 3 is 2.47 bits per heavy atom. The molecule has 180 valence electrons. The Bertz CT molecular complexity index is 1060. The molecule has 0 spiro atoms. The summed E-state index contributed by atoms with van der Waals surface area (Å²) in [5.74, 6) is 1.95. The number of benzene rings is 2. The van der Waals surface area contributed by atoms with E-state index in [1.165, 1.54) is 41.7 Å². The van der Waals surface area contributed by atoms with Crippen molar-refractivity contribution in [3.8, 4) is 0 Å². The molecule has 5 rings (SSSR count). The van der Waals surface area contributed by atoms with Crippen LogP contribution in [0.5, 0.6) is 0 Å². The van der Waals surface area contributed by atoms with E-state index in [4.69, 9.17) is 4.37 Å². The molecule has 0 unspecified atom stereocenters. The van der Waals surface area contributed by atoms with Crippen molar-refractivity contribution in [2.24, 2.45) is 5.92 Å². The lowest BCUT2D eigenvalue weighted by Gasteiger charge is -2.36. The van der Waals surface area contributed by atoms with Crippen molar-refractivity contribution >= 4 is 33.5 Å². The van der Waals surface area contributed by atoms with Crippen molar-refractivity contribution in [2.75, 3.05) is 37.6 Å².